The maximum absolute atomic E-state index is 12.7. The van der Waals surface area contributed by atoms with Crippen molar-refractivity contribution in [3.8, 4) is 0 Å². The van der Waals surface area contributed by atoms with Gasteiger partial charge in [-0.05, 0) is 26.8 Å². The summed E-state index contributed by atoms with van der Waals surface area (Å²) in [5, 5.41) is 3.13. The molecule has 116 valence electrons. The molecule has 1 aromatic heterocycles. The van der Waals surface area contributed by atoms with E-state index >= 15 is 0 Å². The number of hydrogen-bond donors (Lipinski definition) is 1. The van der Waals surface area contributed by atoms with E-state index < -0.39 is 10.0 Å². The number of rotatable bonds is 8. The molecule has 0 saturated carbocycles. The average Bonchev–Trinajstić information content (AvgIpc) is 2.78. The molecule has 1 N–H and O–H groups in total. The van der Waals surface area contributed by atoms with Gasteiger partial charge < -0.3 is 9.73 Å². The number of furan rings is 1. The van der Waals surface area contributed by atoms with Crippen molar-refractivity contribution in [1.82, 2.24) is 9.62 Å². The molecule has 0 bridgehead atoms. The van der Waals surface area contributed by atoms with E-state index in [0.717, 1.165) is 13.0 Å². The van der Waals surface area contributed by atoms with Crippen molar-refractivity contribution in [2.45, 2.75) is 58.5 Å². The molecule has 0 aliphatic rings. The quantitative estimate of drug-likeness (QED) is 0.801. The molecule has 0 amide bonds. The monoisotopic (exact) mass is 302 g/mol. The van der Waals surface area contributed by atoms with Crippen LogP contribution in [0.4, 0.5) is 0 Å². The molecule has 0 aliphatic heterocycles. The molecule has 20 heavy (non-hydrogen) atoms. The van der Waals surface area contributed by atoms with E-state index in [1.165, 1.54) is 4.31 Å². The molecule has 1 atom stereocenters. The number of aryl methyl sites for hydroxylation is 1. The van der Waals surface area contributed by atoms with E-state index in [0.29, 0.717) is 24.6 Å². The summed E-state index contributed by atoms with van der Waals surface area (Å²) in [7, 11) is -3.49. The van der Waals surface area contributed by atoms with Crippen molar-refractivity contribution in [3.63, 3.8) is 0 Å². The zero-order chi connectivity index (χ0) is 15.3. The lowest BCUT2D eigenvalue weighted by molar-refractivity contribution is 0.341. The van der Waals surface area contributed by atoms with E-state index in [-0.39, 0.29) is 10.9 Å². The topological polar surface area (TPSA) is 62.6 Å². The first-order chi connectivity index (χ1) is 9.38. The van der Waals surface area contributed by atoms with Gasteiger partial charge in [0, 0.05) is 18.7 Å². The lowest BCUT2D eigenvalue weighted by Crippen LogP contribution is -2.38. The molecule has 1 heterocycles. The van der Waals surface area contributed by atoms with Crippen molar-refractivity contribution >= 4 is 10.0 Å². The molecule has 0 aliphatic carbocycles. The van der Waals surface area contributed by atoms with Gasteiger partial charge in [0.2, 0.25) is 10.0 Å². The number of nitrogens with one attached hydrogen (secondary N) is 1. The van der Waals surface area contributed by atoms with E-state index in [1.54, 1.807) is 13.0 Å². The Morgan fingerprint density at radius 3 is 2.50 bits per heavy atom. The van der Waals surface area contributed by atoms with Crippen LogP contribution in [0.3, 0.4) is 0 Å². The van der Waals surface area contributed by atoms with Gasteiger partial charge in [0.1, 0.15) is 16.4 Å². The highest BCUT2D eigenvalue weighted by Crippen LogP contribution is 2.25. The molecule has 1 rings (SSSR count). The predicted molar refractivity (Wildman–Crippen MR) is 80.1 cm³/mol. The summed E-state index contributed by atoms with van der Waals surface area (Å²) in [4.78, 5) is 0.285. The summed E-state index contributed by atoms with van der Waals surface area (Å²) in [6.45, 7) is 11.3. The minimum absolute atomic E-state index is 0.0171. The Balaban J connectivity index is 3.11. The predicted octanol–water partition coefficient (Wildman–Crippen LogP) is 2.51. The van der Waals surface area contributed by atoms with Gasteiger partial charge in [0.15, 0.2) is 0 Å². The standard InChI is InChI=1S/C14H26N2O3S/c1-6-11(4)16(8-3)20(17,18)14-9-13(10-15-7-2)19-12(14)5/h9,11,15H,6-8,10H2,1-5H3. The van der Waals surface area contributed by atoms with Crippen molar-refractivity contribution in [2.75, 3.05) is 13.1 Å². The molecule has 0 radical (unpaired) electrons. The van der Waals surface area contributed by atoms with Crippen molar-refractivity contribution in [1.29, 1.82) is 0 Å². The summed E-state index contributed by atoms with van der Waals surface area (Å²) in [5.41, 5.74) is 0. The third kappa shape index (κ3) is 3.62. The normalized spacial score (nSPS) is 13.9. The number of hydrogen-bond acceptors (Lipinski definition) is 4. The van der Waals surface area contributed by atoms with E-state index in [9.17, 15) is 8.42 Å². The first kappa shape index (κ1) is 17.2. The highest BCUT2D eigenvalue weighted by molar-refractivity contribution is 7.89. The van der Waals surface area contributed by atoms with Gasteiger partial charge in [-0.3, -0.25) is 0 Å². The third-order valence-electron chi connectivity index (χ3n) is 3.45. The molecular weight excluding hydrogens is 276 g/mol. The van der Waals surface area contributed by atoms with Gasteiger partial charge in [-0.1, -0.05) is 20.8 Å². The highest BCUT2D eigenvalue weighted by atomic mass is 32.2. The van der Waals surface area contributed by atoms with E-state index in [4.69, 9.17) is 4.42 Å². The molecule has 1 unspecified atom stereocenters. The van der Waals surface area contributed by atoms with Crippen molar-refractivity contribution in [2.24, 2.45) is 0 Å². The third-order valence-corrected chi connectivity index (χ3v) is 5.65. The van der Waals surface area contributed by atoms with Gasteiger partial charge >= 0.3 is 0 Å². The van der Waals surface area contributed by atoms with Crippen LogP contribution >= 0.6 is 0 Å². The fourth-order valence-electron chi connectivity index (χ4n) is 2.16. The fourth-order valence-corrected chi connectivity index (χ4v) is 4.06. The SMILES string of the molecule is CCNCc1cc(S(=O)(=O)N(CC)C(C)CC)c(C)o1. The van der Waals surface area contributed by atoms with Crippen LogP contribution in [0, 0.1) is 6.92 Å². The Morgan fingerprint density at radius 1 is 1.35 bits per heavy atom. The van der Waals surface area contributed by atoms with Gasteiger partial charge in [-0.2, -0.15) is 4.31 Å². The van der Waals surface area contributed by atoms with Gasteiger partial charge in [0.05, 0.1) is 6.54 Å². The molecule has 0 fully saturated rings. The fraction of sp³-hybridized carbons (Fsp3) is 0.714. The Labute approximate surface area is 122 Å². The summed E-state index contributed by atoms with van der Waals surface area (Å²) < 4.78 is 32.5. The second kappa shape index (κ2) is 7.24. The Bertz CT molecular complexity index is 523. The van der Waals surface area contributed by atoms with Crippen LogP contribution in [0.1, 0.15) is 45.6 Å². The number of sulfonamides is 1. The minimum Gasteiger partial charge on any atom is -0.464 e. The maximum Gasteiger partial charge on any atom is 0.246 e. The number of nitrogens with zero attached hydrogens (tertiary/aromatic N) is 1. The smallest absolute Gasteiger partial charge is 0.246 e. The van der Waals surface area contributed by atoms with Crippen LogP contribution in [0.2, 0.25) is 0 Å². The van der Waals surface area contributed by atoms with Crippen LogP contribution in [0.15, 0.2) is 15.4 Å². The molecule has 6 heteroatoms. The molecule has 0 saturated heterocycles. The maximum atomic E-state index is 12.7. The summed E-state index contributed by atoms with van der Waals surface area (Å²) >= 11 is 0. The van der Waals surface area contributed by atoms with Crippen molar-refractivity contribution < 1.29 is 12.8 Å². The molecule has 1 aromatic rings. The molecule has 5 nitrogen and oxygen atoms in total. The Kier molecular flexibility index (Phi) is 6.23. The van der Waals surface area contributed by atoms with Crippen LogP contribution in [0.25, 0.3) is 0 Å². The first-order valence-electron chi connectivity index (χ1n) is 7.20. The van der Waals surface area contributed by atoms with Crippen LogP contribution in [-0.4, -0.2) is 31.9 Å². The lowest BCUT2D eigenvalue weighted by atomic mass is 10.3. The molecule has 0 aromatic carbocycles. The van der Waals surface area contributed by atoms with Crippen LogP contribution in [0.5, 0.6) is 0 Å². The van der Waals surface area contributed by atoms with Crippen molar-refractivity contribution in [3.05, 3.63) is 17.6 Å². The summed E-state index contributed by atoms with van der Waals surface area (Å²) in [5.74, 6) is 1.11. The van der Waals surface area contributed by atoms with Gasteiger partial charge in [-0.25, -0.2) is 8.42 Å². The Morgan fingerprint density at radius 2 is 2.00 bits per heavy atom. The largest absolute Gasteiger partial charge is 0.464 e. The highest BCUT2D eigenvalue weighted by Gasteiger charge is 2.30. The van der Waals surface area contributed by atoms with Gasteiger partial charge in [0.25, 0.3) is 0 Å². The zero-order valence-electron chi connectivity index (χ0n) is 13.1. The van der Waals surface area contributed by atoms with Gasteiger partial charge in [-0.15, -0.1) is 0 Å². The second-order valence-electron chi connectivity index (χ2n) is 4.88. The zero-order valence-corrected chi connectivity index (χ0v) is 13.9. The minimum atomic E-state index is -3.49. The van der Waals surface area contributed by atoms with E-state index in [1.807, 2.05) is 27.7 Å². The Hall–Kier alpha value is -0.850. The second-order valence-corrected chi connectivity index (χ2v) is 6.74. The molecule has 0 spiro atoms. The lowest BCUT2D eigenvalue weighted by Gasteiger charge is -2.25. The van der Waals surface area contributed by atoms with Crippen LogP contribution in [-0.2, 0) is 16.6 Å². The van der Waals surface area contributed by atoms with E-state index in [2.05, 4.69) is 5.32 Å². The summed E-state index contributed by atoms with van der Waals surface area (Å²) in [6, 6.07) is 1.62. The summed E-state index contributed by atoms with van der Waals surface area (Å²) in [6.07, 6.45) is 0.786. The van der Waals surface area contributed by atoms with Crippen LogP contribution < -0.4 is 5.32 Å². The average molecular weight is 302 g/mol. The first-order valence-corrected chi connectivity index (χ1v) is 8.64. The molecular formula is C14H26N2O3S.